The summed E-state index contributed by atoms with van der Waals surface area (Å²) in [5.74, 6) is -0.855. The monoisotopic (exact) mass is 366 g/mol. The van der Waals surface area contributed by atoms with Crippen LogP contribution in [-0.4, -0.2) is 31.0 Å². The molecule has 0 saturated carbocycles. The lowest BCUT2D eigenvalue weighted by Gasteiger charge is -2.12. The Bertz CT molecular complexity index is 925. The lowest BCUT2D eigenvalue weighted by molar-refractivity contribution is -0.385. The molecule has 132 valence electrons. The molecule has 0 unspecified atom stereocenters. The first kappa shape index (κ1) is 18.2. The zero-order chi connectivity index (χ0) is 18.6. The van der Waals surface area contributed by atoms with Crippen molar-refractivity contribution in [1.82, 2.24) is 0 Å². The van der Waals surface area contributed by atoms with E-state index in [1.54, 1.807) is 6.92 Å². The molecule has 0 amide bonds. The molecular formula is C15H14N2O7S. The first-order valence-electron chi connectivity index (χ1n) is 6.91. The van der Waals surface area contributed by atoms with Crippen molar-refractivity contribution in [2.45, 2.75) is 11.8 Å². The third-order valence-corrected chi connectivity index (χ3v) is 4.51. The third-order valence-electron chi connectivity index (χ3n) is 3.14. The second-order valence-corrected chi connectivity index (χ2v) is 6.70. The van der Waals surface area contributed by atoms with Gasteiger partial charge in [-0.1, -0.05) is 6.07 Å². The van der Waals surface area contributed by atoms with Crippen LogP contribution in [0.2, 0.25) is 0 Å². The molecule has 25 heavy (non-hydrogen) atoms. The average Bonchev–Trinajstić information content (AvgIpc) is 2.55. The summed E-state index contributed by atoms with van der Waals surface area (Å²) in [4.78, 5) is 20.3. The van der Waals surface area contributed by atoms with Gasteiger partial charge in [-0.15, -0.1) is 0 Å². The van der Waals surface area contributed by atoms with Crippen molar-refractivity contribution in [3.8, 4) is 5.75 Å². The van der Waals surface area contributed by atoms with Crippen LogP contribution in [0.1, 0.15) is 5.56 Å². The summed E-state index contributed by atoms with van der Waals surface area (Å²) >= 11 is 0. The normalized spacial score (nSPS) is 10.9. The van der Waals surface area contributed by atoms with E-state index in [9.17, 15) is 23.3 Å². The maximum Gasteiger partial charge on any atom is 0.341 e. The highest BCUT2D eigenvalue weighted by atomic mass is 32.2. The Morgan fingerprint density at radius 1 is 1.28 bits per heavy atom. The number of carboxylic acids is 1. The molecule has 10 heteroatoms. The second-order valence-electron chi connectivity index (χ2n) is 5.02. The number of benzene rings is 2. The quantitative estimate of drug-likeness (QED) is 0.566. The molecule has 0 fully saturated rings. The van der Waals surface area contributed by atoms with E-state index in [0.717, 1.165) is 6.07 Å². The fourth-order valence-electron chi connectivity index (χ4n) is 1.95. The number of hydrogen-bond donors (Lipinski definition) is 2. The SMILES string of the molecule is Cc1cc(OCC(=O)O)ccc1NS(=O)(=O)c1cccc([N+](=O)[O-])c1. The number of carbonyl (C=O) groups is 1. The van der Waals surface area contributed by atoms with Gasteiger partial charge in [-0.3, -0.25) is 14.8 Å². The summed E-state index contributed by atoms with van der Waals surface area (Å²) in [7, 11) is -4.02. The molecule has 0 saturated heterocycles. The molecule has 0 aromatic heterocycles. The van der Waals surface area contributed by atoms with Crippen LogP contribution in [0.3, 0.4) is 0 Å². The van der Waals surface area contributed by atoms with E-state index in [4.69, 9.17) is 9.84 Å². The van der Waals surface area contributed by atoms with Crippen LogP contribution >= 0.6 is 0 Å². The zero-order valence-corrected chi connectivity index (χ0v) is 13.8. The maximum absolute atomic E-state index is 12.4. The van der Waals surface area contributed by atoms with E-state index >= 15 is 0 Å². The molecule has 2 aromatic rings. The fraction of sp³-hybridized carbons (Fsp3) is 0.133. The molecule has 2 N–H and O–H groups in total. The number of non-ortho nitro benzene ring substituents is 1. The number of rotatable bonds is 7. The van der Waals surface area contributed by atoms with E-state index in [1.807, 2.05) is 0 Å². The summed E-state index contributed by atoms with van der Waals surface area (Å²) in [5, 5.41) is 19.3. The van der Waals surface area contributed by atoms with Crippen molar-refractivity contribution >= 4 is 27.4 Å². The number of nitrogens with zero attached hydrogens (tertiary/aromatic N) is 1. The largest absolute Gasteiger partial charge is 0.482 e. The molecule has 0 aliphatic carbocycles. The van der Waals surface area contributed by atoms with Crippen molar-refractivity contribution in [2.75, 3.05) is 11.3 Å². The van der Waals surface area contributed by atoms with Crippen LogP contribution in [0.4, 0.5) is 11.4 Å². The number of aryl methyl sites for hydroxylation is 1. The van der Waals surface area contributed by atoms with Gasteiger partial charge in [-0.2, -0.15) is 0 Å². The summed E-state index contributed by atoms with van der Waals surface area (Å²) in [6.07, 6.45) is 0. The highest BCUT2D eigenvalue weighted by Crippen LogP contribution is 2.25. The molecule has 0 spiro atoms. The van der Waals surface area contributed by atoms with Crippen molar-refractivity contribution in [3.63, 3.8) is 0 Å². The first-order valence-corrected chi connectivity index (χ1v) is 8.40. The predicted octanol–water partition coefficient (Wildman–Crippen LogP) is 2.17. The van der Waals surface area contributed by atoms with Crippen molar-refractivity contribution < 1.29 is 28.0 Å². The van der Waals surface area contributed by atoms with Gasteiger partial charge in [-0.05, 0) is 36.8 Å². The second kappa shape index (κ2) is 7.18. The molecule has 2 aromatic carbocycles. The highest BCUT2D eigenvalue weighted by molar-refractivity contribution is 7.92. The Morgan fingerprint density at radius 3 is 2.60 bits per heavy atom. The van der Waals surface area contributed by atoms with Gasteiger partial charge in [0.25, 0.3) is 15.7 Å². The fourth-order valence-corrected chi connectivity index (χ4v) is 3.12. The smallest absolute Gasteiger partial charge is 0.341 e. The summed E-state index contributed by atoms with van der Waals surface area (Å²) in [5.41, 5.74) is 0.406. The standard InChI is InChI=1S/C15H14N2O7S/c1-10-7-12(24-9-15(18)19)5-6-14(10)16-25(22,23)13-4-2-3-11(8-13)17(20)21/h2-8,16H,9H2,1H3,(H,18,19). The number of sulfonamides is 1. The van der Waals surface area contributed by atoms with Crippen LogP contribution in [0.25, 0.3) is 0 Å². The van der Waals surface area contributed by atoms with Gasteiger partial charge >= 0.3 is 5.97 Å². The molecule has 0 atom stereocenters. The summed E-state index contributed by atoms with van der Waals surface area (Å²) in [6, 6.07) is 9.00. The lowest BCUT2D eigenvalue weighted by atomic mass is 10.2. The van der Waals surface area contributed by atoms with Gasteiger partial charge in [0.05, 0.1) is 15.5 Å². The topological polar surface area (TPSA) is 136 Å². The Balaban J connectivity index is 2.24. The lowest BCUT2D eigenvalue weighted by Crippen LogP contribution is -2.14. The zero-order valence-electron chi connectivity index (χ0n) is 13.0. The van der Waals surface area contributed by atoms with Crippen LogP contribution in [0, 0.1) is 17.0 Å². The molecule has 0 radical (unpaired) electrons. The number of aliphatic carboxylic acids is 1. The van der Waals surface area contributed by atoms with Gasteiger partial charge in [0.15, 0.2) is 6.61 Å². The molecule has 0 bridgehead atoms. The Labute approximate surface area is 143 Å². The minimum Gasteiger partial charge on any atom is -0.482 e. The Kier molecular flexibility index (Phi) is 5.22. The van der Waals surface area contributed by atoms with Crippen LogP contribution in [0.5, 0.6) is 5.75 Å². The average molecular weight is 366 g/mol. The van der Waals surface area contributed by atoms with Crippen LogP contribution in [0.15, 0.2) is 47.4 Å². The van der Waals surface area contributed by atoms with Gasteiger partial charge in [-0.25, -0.2) is 13.2 Å². The van der Waals surface area contributed by atoms with Gasteiger partial charge in [0.2, 0.25) is 0 Å². The molecular weight excluding hydrogens is 352 g/mol. The third kappa shape index (κ3) is 4.67. The molecule has 0 aliphatic rings. The maximum atomic E-state index is 12.4. The van der Waals surface area contributed by atoms with E-state index < -0.39 is 27.5 Å². The summed E-state index contributed by atoms with van der Waals surface area (Å²) in [6.45, 7) is 1.09. The highest BCUT2D eigenvalue weighted by Gasteiger charge is 2.18. The van der Waals surface area contributed by atoms with Crippen molar-refractivity contribution in [1.29, 1.82) is 0 Å². The van der Waals surface area contributed by atoms with Gasteiger partial charge < -0.3 is 9.84 Å². The minimum absolute atomic E-state index is 0.243. The molecule has 2 rings (SSSR count). The molecule has 0 heterocycles. The summed E-state index contributed by atoms with van der Waals surface area (Å²) < 4.78 is 32.1. The van der Waals surface area contributed by atoms with E-state index in [0.29, 0.717) is 5.56 Å². The number of nitrogens with one attached hydrogen (secondary N) is 1. The van der Waals surface area contributed by atoms with Crippen molar-refractivity contribution in [3.05, 3.63) is 58.1 Å². The minimum atomic E-state index is -4.02. The first-order chi connectivity index (χ1) is 11.7. The van der Waals surface area contributed by atoms with E-state index in [-0.39, 0.29) is 22.0 Å². The van der Waals surface area contributed by atoms with Gasteiger partial charge in [0, 0.05) is 12.1 Å². The van der Waals surface area contributed by atoms with Crippen LogP contribution < -0.4 is 9.46 Å². The molecule has 9 nitrogen and oxygen atoms in total. The van der Waals surface area contributed by atoms with Crippen molar-refractivity contribution in [2.24, 2.45) is 0 Å². The Hall–Kier alpha value is -3.14. The number of anilines is 1. The number of hydrogen-bond acceptors (Lipinski definition) is 6. The predicted molar refractivity (Wildman–Crippen MR) is 88.2 cm³/mol. The number of carboxylic acid groups (broad SMARTS) is 1. The number of nitro benzene ring substituents is 1. The van der Waals surface area contributed by atoms with E-state index in [2.05, 4.69) is 4.72 Å². The Morgan fingerprint density at radius 2 is 2.00 bits per heavy atom. The van der Waals surface area contributed by atoms with Crippen LogP contribution in [-0.2, 0) is 14.8 Å². The number of nitro groups is 1. The van der Waals surface area contributed by atoms with E-state index in [1.165, 1.54) is 36.4 Å². The molecule has 0 aliphatic heterocycles. The van der Waals surface area contributed by atoms with Gasteiger partial charge in [0.1, 0.15) is 5.75 Å². The number of ether oxygens (including phenoxy) is 1.